The van der Waals surface area contributed by atoms with Crippen LogP contribution >= 0.6 is 0 Å². The van der Waals surface area contributed by atoms with Crippen LogP contribution < -0.4 is 0 Å². The third-order valence-corrected chi connectivity index (χ3v) is 2.37. The second-order valence-electron chi connectivity index (χ2n) is 3.32. The summed E-state index contributed by atoms with van der Waals surface area (Å²) in [6.45, 7) is 1.27. The van der Waals surface area contributed by atoms with Crippen molar-refractivity contribution in [3.8, 4) is 12.3 Å². The van der Waals surface area contributed by atoms with Gasteiger partial charge < -0.3 is 4.90 Å². The van der Waals surface area contributed by atoms with Gasteiger partial charge in [0.05, 0.1) is 6.54 Å². The molecular weight excluding hydrogens is 176 g/mol. The molecule has 0 radical (unpaired) electrons. The van der Waals surface area contributed by atoms with Crippen LogP contribution in [0.2, 0.25) is 0 Å². The van der Waals surface area contributed by atoms with Crippen molar-refractivity contribution in [1.29, 1.82) is 0 Å². The first kappa shape index (κ1) is 9.97. The van der Waals surface area contributed by atoms with E-state index in [2.05, 4.69) is 0 Å². The van der Waals surface area contributed by atoms with Crippen LogP contribution in [0.15, 0.2) is 0 Å². The van der Waals surface area contributed by atoms with Gasteiger partial charge in [-0.2, -0.15) is 0 Å². The zero-order chi connectivity index (χ0) is 10.1. The highest BCUT2D eigenvalue weighted by molar-refractivity contribution is 5.93. The van der Waals surface area contributed by atoms with Gasteiger partial charge in [-0.05, 0) is 12.3 Å². The predicted molar refractivity (Wildman–Crippen MR) is 44.1 cm³/mol. The molecule has 1 aliphatic heterocycles. The number of nitrogens with zero attached hydrogens (tertiary/aromatic N) is 1. The monoisotopic (exact) mass is 187 g/mol. The molecule has 0 aliphatic carbocycles. The van der Waals surface area contributed by atoms with Crippen molar-refractivity contribution in [2.45, 2.75) is 19.3 Å². The minimum absolute atomic E-state index is 0.306. The standard InChI is InChI=1S/C9H11F2NO/c1-3-8(13)12-5-4-7(2)9(10,11)6-12/h1,7H,4-6H2,2H3. The fourth-order valence-electron chi connectivity index (χ4n) is 1.31. The van der Waals surface area contributed by atoms with E-state index in [0.29, 0.717) is 13.0 Å². The van der Waals surface area contributed by atoms with Crippen LogP contribution in [-0.2, 0) is 4.79 Å². The van der Waals surface area contributed by atoms with Gasteiger partial charge in [-0.1, -0.05) is 6.92 Å². The van der Waals surface area contributed by atoms with Crippen molar-refractivity contribution in [3.05, 3.63) is 0 Å². The van der Waals surface area contributed by atoms with E-state index in [1.54, 1.807) is 0 Å². The van der Waals surface area contributed by atoms with E-state index in [0.717, 1.165) is 4.90 Å². The zero-order valence-electron chi connectivity index (χ0n) is 7.39. The smallest absolute Gasteiger partial charge is 0.298 e. The molecule has 1 aliphatic rings. The minimum atomic E-state index is -2.80. The van der Waals surface area contributed by atoms with E-state index in [4.69, 9.17) is 6.42 Å². The highest BCUT2D eigenvalue weighted by Crippen LogP contribution is 2.32. The molecule has 0 spiro atoms. The molecule has 1 heterocycles. The first-order valence-corrected chi connectivity index (χ1v) is 4.10. The van der Waals surface area contributed by atoms with Gasteiger partial charge in [0, 0.05) is 12.5 Å². The predicted octanol–water partition coefficient (Wildman–Crippen LogP) is 1.12. The number of carbonyl (C=O) groups is 1. The molecule has 4 heteroatoms. The Hall–Kier alpha value is -1.11. The van der Waals surface area contributed by atoms with Gasteiger partial charge >= 0.3 is 0 Å². The van der Waals surface area contributed by atoms with Crippen LogP contribution in [0.3, 0.4) is 0 Å². The third kappa shape index (κ3) is 1.97. The van der Waals surface area contributed by atoms with Crippen molar-refractivity contribution >= 4 is 5.91 Å². The lowest BCUT2D eigenvalue weighted by Crippen LogP contribution is -2.49. The van der Waals surface area contributed by atoms with Gasteiger partial charge in [-0.25, -0.2) is 8.78 Å². The number of rotatable bonds is 0. The molecule has 1 rings (SSSR count). The molecule has 0 bridgehead atoms. The molecule has 72 valence electrons. The van der Waals surface area contributed by atoms with Crippen LogP contribution in [0, 0.1) is 18.3 Å². The molecule has 13 heavy (non-hydrogen) atoms. The summed E-state index contributed by atoms with van der Waals surface area (Å²) >= 11 is 0. The third-order valence-electron chi connectivity index (χ3n) is 2.37. The fourth-order valence-corrected chi connectivity index (χ4v) is 1.31. The SMILES string of the molecule is C#CC(=O)N1CCC(C)C(F)(F)C1. The number of hydrogen-bond donors (Lipinski definition) is 0. The molecule has 0 aromatic rings. The number of carbonyl (C=O) groups excluding carboxylic acids is 1. The van der Waals surface area contributed by atoms with Crippen molar-refractivity contribution in [1.82, 2.24) is 4.90 Å². The van der Waals surface area contributed by atoms with Crippen molar-refractivity contribution < 1.29 is 13.6 Å². The molecule has 1 unspecified atom stereocenters. The summed E-state index contributed by atoms with van der Waals surface area (Å²) in [6, 6.07) is 0. The summed E-state index contributed by atoms with van der Waals surface area (Å²) in [5, 5.41) is 0. The molecule has 0 saturated carbocycles. The summed E-state index contributed by atoms with van der Waals surface area (Å²) in [5.41, 5.74) is 0. The first-order chi connectivity index (χ1) is 5.97. The van der Waals surface area contributed by atoms with Crippen LogP contribution in [0.1, 0.15) is 13.3 Å². The number of piperidine rings is 1. The fraction of sp³-hybridized carbons (Fsp3) is 0.667. The molecule has 1 fully saturated rings. The Bertz CT molecular complexity index is 257. The zero-order valence-corrected chi connectivity index (χ0v) is 7.39. The summed E-state index contributed by atoms with van der Waals surface area (Å²) in [7, 11) is 0. The maximum Gasteiger partial charge on any atom is 0.298 e. The lowest BCUT2D eigenvalue weighted by molar-refractivity contribution is -0.143. The van der Waals surface area contributed by atoms with Gasteiger partial charge in [0.1, 0.15) is 0 Å². The van der Waals surface area contributed by atoms with Crippen molar-refractivity contribution in [2.24, 2.45) is 5.92 Å². The first-order valence-electron chi connectivity index (χ1n) is 4.10. The number of alkyl halides is 2. The molecule has 2 nitrogen and oxygen atoms in total. The molecular formula is C9H11F2NO. The molecule has 1 atom stereocenters. The molecule has 0 aromatic heterocycles. The second-order valence-corrected chi connectivity index (χ2v) is 3.32. The number of terminal acetylenes is 1. The minimum Gasteiger partial charge on any atom is -0.326 e. The van der Waals surface area contributed by atoms with Crippen LogP contribution in [0.25, 0.3) is 0 Å². The van der Waals surface area contributed by atoms with E-state index in [1.807, 2.05) is 5.92 Å². The maximum atomic E-state index is 13.1. The Labute approximate surface area is 75.9 Å². The van der Waals surface area contributed by atoms with Crippen LogP contribution in [0.4, 0.5) is 8.78 Å². The van der Waals surface area contributed by atoms with Crippen LogP contribution in [-0.4, -0.2) is 29.8 Å². The molecule has 0 N–H and O–H groups in total. The summed E-state index contributed by atoms with van der Waals surface area (Å²) in [6.07, 6.45) is 5.15. The molecule has 0 aromatic carbocycles. The average molecular weight is 187 g/mol. The summed E-state index contributed by atoms with van der Waals surface area (Å²) in [4.78, 5) is 11.9. The van der Waals surface area contributed by atoms with Crippen molar-refractivity contribution in [3.63, 3.8) is 0 Å². The number of likely N-dealkylation sites (tertiary alicyclic amines) is 1. The number of hydrogen-bond acceptors (Lipinski definition) is 1. The Kier molecular flexibility index (Phi) is 2.55. The lowest BCUT2D eigenvalue weighted by Gasteiger charge is -2.35. The summed E-state index contributed by atoms with van der Waals surface area (Å²) in [5.74, 6) is -2.28. The van der Waals surface area contributed by atoms with Gasteiger partial charge in [-0.3, -0.25) is 4.79 Å². The van der Waals surface area contributed by atoms with Gasteiger partial charge in [0.25, 0.3) is 11.8 Å². The molecule has 1 amide bonds. The Morgan fingerprint density at radius 1 is 1.69 bits per heavy atom. The molecule has 1 saturated heterocycles. The van der Waals surface area contributed by atoms with Crippen LogP contribution in [0.5, 0.6) is 0 Å². The number of halogens is 2. The van der Waals surface area contributed by atoms with E-state index in [-0.39, 0.29) is 0 Å². The van der Waals surface area contributed by atoms with E-state index in [1.165, 1.54) is 6.92 Å². The van der Waals surface area contributed by atoms with Gasteiger partial charge in [0.15, 0.2) is 0 Å². The lowest BCUT2D eigenvalue weighted by atomic mass is 9.95. The van der Waals surface area contributed by atoms with Crippen molar-refractivity contribution in [2.75, 3.05) is 13.1 Å². The Morgan fingerprint density at radius 3 is 2.77 bits per heavy atom. The van der Waals surface area contributed by atoms with Gasteiger partial charge in [-0.15, -0.1) is 6.42 Å². The Balaban J connectivity index is 2.67. The van der Waals surface area contributed by atoms with Gasteiger partial charge in [0.2, 0.25) is 0 Å². The maximum absolute atomic E-state index is 13.1. The second kappa shape index (κ2) is 3.33. The number of amides is 1. The quantitative estimate of drug-likeness (QED) is 0.520. The Morgan fingerprint density at radius 2 is 2.31 bits per heavy atom. The largest absolute Gasteiger partial charge is 0.326 e. The van der Waals surface area contributed by atoms with E-state index in [9.17, 15) is 13.6 Å². The van der Waals surface area contributed by atoms with E-state index >= 15 is 0 Å². The van der Waals surface area contributed by atoms with E-state index < -0.39 is 24.3 Å². The average Bonchev–Trinajstić information content (AvgIpc) is 2.08. The topological polar surface area (TPSA) is 20.3 Å². The highest BCUT2D eigenvalue weighted by Gasteiger charge is 2.42. The summed E-state index contributed by atoms with van der Waals surface area (Å²) < 4.78 is 26.2. The normalized spacial score (nSPS) is 26.6. The highest BCUT2D eigenvalue weighted by atomic mass is 19.3.